The minimum absolute atomic E-state index is 0.00619. The Morgan fingerprint density at radius 2 is 2.11 bits per heavy atom. The number of sulfonamides is 1. The number of carboxylic acid groups (broad SMARTS) is 1. The molecule has 0 aliphatic carbocycles. The molecule has 1 aromatic rings. The molecule has 0 aromatic heterocycles. The van der Waals surface area contributed by atoms with Crippen LogP contribution in [0.1, 0.15) is 12.0 Å². The van der Waals surface area contributed by atoms with Gasteiger partial charge in [-0.3, -0.25) is 4.79 Å². The number of carboxylic acids is 1. The van der Waals surface area contributed by atoms with E-state index < -0.39 is 28.6 Å². The van der Waals surface area contributed by atoms with Crippen molar-refractivity contribution in [3.63, 3.8) is 0 Å². The predicted octanol–water partition coefficient (Wildman–Crippen LogP) is 0.109. The molecule has 1 atom stereocenters. The van der Waals surface area contributed by atoms with Gasteiger partial charge in [-0.2, -0.15) is 4.72 Å². The molecule has 0 aliphatic rings. The summed E-state index contributed by atoms with van der Waals surface area (Å²) in [6, 6.07) is 4.81. The summed E-state index contributed by atoms with van der Waals surface area (Å²) < 4.78 is 25.9. The van der Waals surface area contributed by atoms with Crippen molar-refractivity contribution in [2.24, 2.45) is 0 Å². The second-order valence-electron chi connectivity index (χ2n) is 3.84. The number of aliphatic carboxylic acids is 1. The number of benzene rings is 1. The fourth-order valence-corrected chi connectivity index (χ4v) is 2.73. The normalized spacial score (nSPS) is 13.2. The van der Waals surface area contributed by atoms with Crippen molar-refractivity contribution in [2.75, 3.05) is 6.61 Å². The summed E-state index contributed by atoms with van der Waals surface area (Å²) in [7, 11) is -3.89. The lowest BCUT2D eigenvalue weighted by Gasteiger charge is -2.13. The highest BCUT2D eigenvalue weighted by molar-refractivity contribution is 7.89. The third-order valence-corrected chi connectivity index (χ3v) is 3.78. The van der Waals surface area contributed by atoms with Crippen LogP contribution in [-0.2, 0) is 14.8 Å². The van der Waals surface area contributed by atoms with Crippen LogP contribution < -0.4 is 4.72 Å². The van der Waals surface area contributed by atoms with E-state index >= 15 is 0 Å². The van der Waals surface area contributed by atoms with Crippen molar-refractivity contribution in [2.45, 2.75) is 24.3 Å². The SMILES string of the molecule is Cc1cccc(S(=O)(=O)N[C@H](CCO)C(=O)O)c1. The van der Waals surface area contributed by atoms with Gasteiger partial charge in [0.25, 0.3) is 0 Å². The Balaban J connectivity index is 2.97. The van der Waals surface area contributed by atoms with E-state index in [9.17, 15) is 13.2 Å². The highest BCUT2D eigenvalue weighted by Gasteiger charge is 2.24. The zero-order valence-corrected chi connectivity index (χ0v) is 10.6. The Hall–Kier alpha value is -1.44. The molecule has 0 fully saturated rings. The summed E-state index contributed by atoms with van der Waals surface area (Å²) in [4.78, 5) is 10.8. The van der Waals surface area contributed by atoms with E-state index in [2.05, 4.69) is 0 Å². The van der Waals surface area contributed by atoms with Crippen LogP contribution in [0, 0.1) is 6.92 Å². The van der Waals surface area contributed by atoms with Gasteiger partial charge in [-0.25, -0.2) is 8.42 Å². The van der Waals surface area contributed by atoms with Crippen LogP contribution in [0.25, 0.3) is 0 Å². The standard InChI is InChI=1S/C11H15NO5S/c1-8-3-2-4-9(7-8)18(16,17)12-10(5-6-13)11(14)15/h2-4,7,10,12-13H,5-6H2,1H3,(H,14,15)/t10-/m1/s1. The number of nitrogens with one attached hydrogen (secondary N) is 1. The van der Waals surface area contributed by atoms with E-state index in [4.69, 9.17) is 10.2 Å². The van der Waals surface area contributed by atoms with Crippen molar-refractivity contribution in [1.29, 1.82) is 0 Å². The molecule has 0 spiro atoms. The summed E-state index contributed by atoms with van der Waals surface area (Å²) in [5, 5.41) is 17.5. The number of aliphatic hydroxyl groups is 1. The zero-order valence-electron chi connectivity index (χ0n) is 9.83. The Kier molecular flexibility index (Phi) is 4.83. The summed E-state index contributed by atoms with van der Waals surface area (Å²) in [6.07, 6.45) is -0.180. The van der Waals surface area contributed by atoms with Crippen LogP contribution in [0.15, 0.2) is 29.2 Å². The van der Waals surface area contributed by atoms with Crippen LogP contribution in [0.5, 0.6) is 0 Å². The van der Waals surface area contributed by atoms with Crippen molar-refractivity contribution in [1.82, 2.24) is 4.72 Å². The Labute approximate surface area is 105 Å². The van der Waals surface area contributed by atoms with Crippen molar-refractivity contribution in [3.05, 3.63) is 29.8 Å². The van der Waals surface area contributed by atoms with Crippen LogP contribution >= 0.6 is 0 Å². The summed E-state index contributed by atoms with van der Waals surface area (Å²) in [6.45, 7) is 1.33. The van der Waals surface area contributed by atoms with Crippen LogP contribution in [-0.4, -0.2) is 37.2 Å². The molecule has 1 aromatic carbocycles. The first-order valence-electron chi connectivity index (χ1n) is 5.29. The molecule has 0 saturated heterocycles. The fourth-order valence-electron chi connectivity index (χ4n) is 1.40. The lowest BCUT2D eigenvalue weighted by molar-refractivity contribution is -0.139. The molecule has 0 bridgehead atoms. The number of hydrogen-bond acceptors (Lipinski definition) is 4. The highest BCUT2D eigenvalue weighted by atomic mass is 32.2. The molecule has 0 amide bonds. The van der Waals surface area contributed by atoms with Gasteiger partial charge in [0.05, 0.1) is 4.90 Å². The number of aryl methyl sites for hydroxylation is 1. The summed E-state index contributed by atoms with van der Waals surface area (Å²) in [5.74, 6) is -1.32. The third-order valence-electron chi connectivity index (χ3n) is 2.31. The maximum atomic E-state index is 11.9. The van der Waals surface area contributed by atoms with E-state index in [-0.39, 0.29) is 11.3 Å². The van der Waals surface area contributed by atoms with Gasteiger partial charge < -0.3 is 10.2 Å². The van der Waals surface area contributed by atoms with E-state index in [1.54, 1.807) is 19.1 Å². The first-order valence-corrected chi connectivity index (χ1v) is 6.78. The van der Waals surface area contributed by atoms with Gasteiger partial charge in [-0.15, -0.1) is 0 Å². The monoisotopic (exact) mass is 273 g/mol. The third kappa shape index (κ3) is 3.80. The maximum Gasteiger partial charge on any atom is 0.321 e. The Morgan fingerprint density at radius 3 is 2.61 bits per heavy atom. The Morgan fingerprint density at radius 1 is 1.44 bits per heavy atom. The molecule has 3 N–H and O–H groups in total. The molecule has 100 valence electrons. The van der Waals surface area contributed by atoms with Gasteiger partial charge in [0.2, 0.25) is 10.0 Å². The molecule has 18 heavy (non-hydrogen) atoms. The van der Waals surface area contributed by atoms with Gasteiger partial charge >= 0.3 is 5.97 Å². The Bertz CT molecular complexity index is 526. The van der Waals surface area contributed by atoms with E-state index in [1.165, 1.54) is 12.1 Å². The van der Waals surface area contributed by atoms with Gasteiger partial charge in [0.15, 0.2) is 0 Å². The van der Waals surface area contributed by atoms with Gasteiger partial charge in [0.1, 0.15) is 6.04 Å². The number of hydrogen-bond donors (Lipinski definition) is 3. The second-order valence-corrected chi connectivity index (χ2v) is 5.55. The van der Waals surface area contributed by atoms with E-state index in [0.29, 0.717) is 0 Å². The smallest absolute Gasteiger partial charge is 0.321 e. The fraction of sp³-hybridized carbons (Fsp3) is 0.364. The van der Waals surface area contributed by atoms with Crippen LogP contribution in [0.3, 0.4) is 0 Å². The molecule has 6 nitrogen and oxygen atoms in total. The van der Waals surface area contributed by atoms with Crippen LogP contribution in [0.4, 0.5) is 0 Å². The van der Waals surface area contributed by atoms with Gasteiger partial charge in [-0.1, -0.05) is 12.1 Å². The number of aliphatic hydroxyl groups excluding tert-OH is 1. The average molecular weight is 273 g/mol. The molecule has 0 heterocycles. The minimum Gasteiger partial charge on any atom is -0.480 e. The van der Waals surface area contributed by atoms with E-state index in [1.807, 2.05) is 4.72 Å². The summed E-state index contributed by atoms with van der Waals surface area (Å²) >= 11 is 0. The molecule has 0 aliphatic heterocycles. The lowest BCUT2D eigenvalue weighted by atomic mass is 10.2. The molecule has 0 unspecified atom stereocenters. The largest absolute Gasteiger partial charge is 0.480 e. The van der Waals surface area contributed by atoms with Crippen LogP contribution in [0.2, 0.25) is 0 Å². The lowest BCUT2D eigenvalue weighted by Crippen LogP contribution is -2.41. The number of carbonyl (C=O) groups is 1. The van der Waals surface area contributed by atoms with Crippen molar-refractivity contribution < 1.29 is 23.4 Å². The first kappa shape index (κ1) is 14.6. The van der Waals surface area contributed by atoms with E-state index in [0.717, 1.165) is 5.56 Å². The molecule has 0 saturated carbocycles. The summed E-state index contributed by atoms with van der Waals surface area (Å²) in [5.41, 5.74) is 0.756. The van der Waals surface area contributed by atoms with Gasteiger partial charge in [-0.05, 0) is 31.0 Å². The molecule has 7 heteroatoms. The topological polar surface area (TPSA) is 104 Å². The van der Waals surface area contributed by atoms with Crippen molar-refractivity contribution in [3.8, 4) is 0 Å². The minimum atomic E-state index is -3.89. The highest BCUT2D eigenvalue weighted by Crippen LogP contribution is 2.11. The van der Waals surface area contributed by atoms with Crippen molar-refractivity contribution >= 4 is 16.0 Å². The predicted molar refractivity (Wildman–Crippen MR) is 64.6 cm³/mol. The van der Waals surface area contributed by atoms with Gasteiger partial charge in [0, 0.05) is 6.61 Å². The second kappa shape index (κ2) is 5.94. The maximum absolute atomic E-state index is 11.9. The molecule has 0 radical (unpaired) electrons. The number of rotatable bonds is 6. The zero-order chi connectivity index (χ0) is 13.8. The molecule has 1 rings (SSSR count). The molecular weight excluding hydrogens is 258 g/mol. The first-order chi connectivity index (χ1) is 8.36. The average Bonchev–Trinajstić information content (AvgIpc) is 2.28. The molecular formula is C11H15NO5S. The quantitative estimate of drug-likeness (QED) is 0.682.